The van der Waals surface area contributed by atoms with Crippen LogP contribution in [0.25, 0.3) is 0 Å². The number of benzene rings is 1. The highest BCUT2D eigenvalue weighted by Crippen LogP contribution is 2.28. The molecule has 1 aromatic rings. The fourth-order valence-corrected chi connectivity index (χ4v) is 2.77. The van der Waals surface area contributed by atoms with Crippen LogP contribution in [0.4, 0.5) is 0 Å². The van der Waals surface area contributed by atoms with Crippen LogP contribution in [0.5, 0.6) is 11.5 Å². The van der Waals surface area contributed by atoms with E-state index in [1.807, 2.05) is 18.2 Å². The van der Waals surface area contributed by atoms with Crippen LogP contribution < -0.4 is 14.8 Å². The summed E-state index contributed by atoms with van der Waals surface area (Å²) in [6, 6.07) is 5.57. The predicted octanol–water partition coefficient (Wildman–Crippen LogP) is 0.296. The zero-order chi connectivity index (χ0) is 18.4. The first-order valence-corrected chi connectivity index (χ1v) is 7.92. The molecule has 2 rings (SSSR count). The zero-order valence-electron chi connectivity index (χ0n) is 14.3. The van der Waals surface area contributed by atoms with Crippen LogP contribution >= 0.6 is 0 Å². The fourth-order valence-electron chi connectivity index (χ4n) is 2.77. The summed E-state index contributed by atoms with van der Waals surface area (Å²) < 4.78 is 10.4. The molecule has 1 aliphatic rings. The smallest absolute Gasteiger partial charge is 0.322 e. The molecule has 1 fully saturated rings. The minimum absolute atomic E-state index is 0.101. The van der Waals surface area contributed by atoms with Crippen molar-refractivity contribution in [1.29, 1.82) is 0 Å². The highest BCUT2D eigenvalue weighted by Gasteiger charge is 2.34. The number of hydrogen-bond donors (Lipinski definition) is 2. The van der Waals surface area contributed by atoms with E-state index in [-0.39, 0.29) is 12.3 Å². The van der Waals surface area contributed by atoms with E-state index in [0.29, 0.717) is 31.0 Å². The van der Waals surface area contributed by atoms with Gasteiger partial charge in [-0.1, -0.05) is 6.07 Å². The Morgan fingerprint density at radius 2 is 2.00 bits per heavy atom. The van der Waals surface area contributed by atoms with Crippen LogP contribution in [0.15, 0.2) is 18.2 Å². The Hall–Kier alpha value is -2.77. The maximum Gasteiger partial charge on any atom is 0.322 e. The molecule has 2 N–H and O–H groups in total. The third-order valence-corrected chi connectivity index (χ3v) is 4.12. The first kappa shape index (κ1) is 18.6. The largest absolute Gasteiger partial charge is 0.493 e. The second kappa shape index (κ2) is 8.36. The maximum absolute atomic E-state index is 12.1. The van der Waals surface area contributed by atoms with Crippen LogP contribution in [-0.2, 0) is 20.8 Å². The second-order valence-electron chi connectivity index (χ2n) is 5.79. The first-order valence-electron chi connectivity index (χ1n) is 7.92. The van der Waals surface area contributed by atoms with Crippen molar-refractivity contribution in [2.75, 3.05) is 33.9 Å². The molecule has 0 bridgehead atoms. The average Bonchev–Trinajstić information content (AvgIpc) is 2.98. The van der Waals surface area contributed by atoms with Gasteiger partial charge in [-0.3, -0.25) is 14.4 Å². The number of ether oxygens (including phenoxy) is 2. The number of carbonyl (C=O) groups excluding carboxylic acids is 2. The van der Waals surface area contributed by atoms with Crippen LogP contribution in [-0.4, -0.2) is 61.6 Å². The number of amides is 2. The second-order valence-corrected chi connectivity index (χ2v) is 5.79. The van der Waals surface area contributed by atoms with Crippen molar-refractivity contribution < 1.29 is 29.0 Å². The minimum atomic E-state index is -1.11. The standard InChI is InChI=1S/C17H22N2O6/c1-24-13-4-3-11(7-14(13)25-2)5-6-19-10-12(8-15(19)20)17(23)18-9-16(21)22/h3-4,7,12H,5-6,8-10H2,1-2H3,(H,18,23)(H,21,22). The van der Waals surface area contributed by atoms with Crippen LogP contribution in [0.3, 0.4) is 0 Å². The topological polar surface area (TPSA) is 105 Å². The van der Waals surface area contributed by atoms with Gasteiger partial charge in [0, 0.05) is 19.5 Å². The van der Waals surface area contributed by atoms with Gasteiger partial charge in [0.15, 0.2) is 11.5 Å². The summed E-state index contributed by atoms with van der Waals surface area (Å²) in [6.45, 7) is 0.351. The first-order chi connectivity index (χ1) is 11.9. The molecule has 0 aliphatic carbocycles. The molecule has 8 nitrogen and oxygen atoms in total. The Morgan fingerprint density at radius 3 is 2.64 bits per heavy atom. The van der Waals surface area contributed by atoms with Crippen LogP contribution in [0.2, 0.25) is 0 Å². The number of carbonyl (C=O) groups is 3. The average molecular weight is 350 g/mol. The van der Waals surface area contributed by atoms with Gasteiger partial charge in [0.1, 0.15) is 6.54 Å². The molecule has 1 aliphatic heterocycles. The number of carboxylic acids is 1. The summed E-state index contributed by atoms with van der Waals surface area (Å²) in [6.07, 6.45) is 0.729. The monoisotopic (exact) mass is 350 g/mol. The molecule has 0 radical (unpaired) electrons. The van der Waals surface area contributed by atoms with Gasteiger partial charge in [-0.05, 0) is 24.1 Å². The normalized spacial score (nSPS) is 16.6. The summed E-state index contributed by atoms with van der Waals surface area (Å²) in [5.41, 5.74) is 0.990. The molecule has 1 atom stereocenters. The van der Waals surface area contributed by atoms with Crippen LogP contribution in [0.1, 0.15) is 12.0 Å². The highest BCUT2D eigenvalue weighted by atomic mass is 16.5. The summed E-state index contributed by atoms with van der Waals surface area (Å²) >= 11 is 0. The lowest BCUT2D eigenvalue weighted by Gasteiger charge is -2.17. The number of rotatable bonds is 8. The van der Waals surface area contributed by atoms with E-state index in [9.17, 15) is 14.4 Å². The Kier molecular flexibility index (Phi) is 6.21. The number of nitrogens with one attached hydrogen (secondary N) is 1. The molecule has 1 aromatic carbocycles. The Labute approximate surface area is 145 Å². The fraction of sp³-hybridized carbons (Fsp3) is 0.471. The van der Waals surface area contributed by atoms with E-state index in [0.717, 1.165) is 5.56 Å². The van der Waals surface area contributed by atoms with E-state index in [1.54, 1.807) is 19.1 Å². The van der Waals surface area contributed by atoms with Crippen molar-refractivity contribution >= 4 is 17.8 Å². The number of hydrogen-bond acceptors (Lipinski definition) is 5. The quantitative estimate of drug-likeness (QED) is 0.698. The molecule has 1 heterocycles. The number of nitrogens with zero attached hydrogens (tertiary/aromatic N) is 1. The lowest BCUT2D eigenvalue weighted by atomic mass is 10.1. The summed E-state index contributed by atoms with van der Waals surface area (Å²) in [4.78, 5) is 36.1. The molecule has 0 saturated carbocycles. The molecular weight excluding hydrogens is 328 g/mol. The van der Waals surface area contributed by atoms with Crippen molar-refractivity contribution in [3.8, 4) is 11.5 Å². The molecule has 0 spiro atoms. The number of likely N-dealkylation sites (tertiary alicyclic amines) is 1. The van der Waals surface area contributed by atoms with E-state index in [2.05, 4.69) is 5.32 Å². The van der Waals surface area contributed by atoms with Gasteiger partial charge in [0.05, 0.1) is 20.1 Å². The lowest BCUT2D eigenvalue weighted by Crippen LogP contribution is -2.36. The third kappa shape index (κ3) is 4.85. The minimum Gasteiger partial charge on any atom is -0.493 e. The summed E-state index contributed by atoms with van der Waals surface area (Å²) in [5.74, 6) is -0.849. The predicted molar refractivity (Wildman–Crippen MR) is 88.6 cm³/mol. The van der Waals surface area contributed by atoms with E-state index < -0.39 is 24.3 Å². The van der Waals surface area contributed by atoms with Gasteiger partial charge < -0.3 is 24.8 Å². The van der Waals surface area contributed by atoms with E-state index >= 15 is 0 Å². The van der Waals surface area contributed by atoms with Gasteiger partial charge in [0.25, 0.3) is 0 Å². The van der Waals surface area contributed by atoms with Crippen molar-refractivity contribution in [3.63, 3.8) is 0 Å². The highest BCUT2D eigenvalue weighted by molar-refractivity contribution is 5.90. The summed E-state index contributed by atoms with van der Waals surface area (Å²) in [5, 5.41) is 10.9. The molecular formula is C17H22N2O6. The Morgan fingerprint density at radius 1 is 1.28 bits per heavy atom. The van der Waals surface area contributed by atoms with Crippen molar-refractivity contribution in [3.05, 3.63) is 23.8 Å². The lowest BCUT2D eigenvalue weighted by molar-refractivity contribution is -0.138. The summed E-state index contributed by atoms with van der Waals surface area (Å²) in [7, 11) is 3.13. The SMILES string of the molecule is COc1ccc(CCN2CC(C(=O)NCC(=O)O)CC2=O)cc1OC. The van der Waals surface area contributed by atoms with Gasteiger partial charge in [-0.25, -0.2) is 0 Å². The molecule has 1 saturated heterocycles. The van der Waals surface area contributed by atoms with Crippen molar-refractivity contribution in [2.24, 2.45) is 5.92 Å². The molecule has 8 heteroatoms. The van der Waals surface area contributed by atoms with E-state index in [1.165, 1.54) is 0 Å². The number of methoxy groups -OCH3 is 2. The van der Waals surface area contributed by atoms with Gasteiger partial charge in [0.2, 0.25) is 11.8 Å². The van der Waals surface area contributed by atoms with E-state index in [4.69, 9.17) is 14.6 Å². The third-order valence-electron chi connectivity index (χ3n) is 4.12. The van der Waals surface area contributed by atoms with Crippen molar-refractivity contribution in [1.82, 2.24) is 10.2 Å². The Balaban J connectivity index is 1.90. The molecule has 2 amide bonds. The Bertz CT molecular complexity index is 661. The van der Waals surface area contributed by atoms with Gasteiger partial charge >= 0.3 is 5.97 Å². The number of aliphatic carboxylic acids is 1. The van der Waals surface area contributed by atoms with Crippen LogP contribution in [0, 0.1) is 5.92 Å². The van der Waals surface area contributed by atoms with Gasteiger partial charge in [-0.2, -0.15) is 0 Å². The zero-order valence-corrected chi connectivity index (χ0v) is 14.3. The van der Waals surface area contributed by atoms with Gasteiger partial charge in [-0.15, -0.1) is 0 Å². The molecule has 25 heavy (non-hydrogen) atoms. The maximum atomic E-state index is 12.1. The molecule has 1 unspecified atom stereocenters. The van der Waals surface area contributed by atoms with Crippen molar-refractivity contribution in [2.45, 2.75) is 12.8 Å². The molecule has 0 aromatic heterocycles. The number of carboxylic acid groups (broad SMARTS) is 1. The molecule has 136 valence electrons.